The third-order valence-corrected chi connectivity index (χ3v) is 3.00. The van der Waals surface area contributed by atoms with Gasteiger partial charge in [0, 0.05) is 0 Å². The second-order valence-corrected chi connectivity index (χ2v) is 4.55. The van der Waals surface area contributed by atoms with Crippen LogP contribution in [0.25, 0.3) is 22.6 Å². The van der Waals surface area contributed by atoms with Crippen LogP contribution in [0, 0.1) is 25.5 Å². The van der Waals surface area contributed by atoms with Crippen LogP contribution < -0.4 is 0 Å². The highest BCUT2D eigenvalue weighted by Crippen LogP contribution is 2.30. The summed E-state index contributed by atoms with van der Waals surface area (Å²) in [6.45, 7) is 3.81. The van der Waals surface area contributed by atoms with Crippen LogP contribution in [0.15, 0.2) is 34.7 Å². The highest BCUT2D eigenvalue weighted by Gasteiger charge is 2.18. The van der Waals surface area contributed by atoms with E-state index >= 15 is 0 Å². The van der Waals surface area contributed by atoms with Gasteiger partial charge >= 0.3 is 0 Å². The minimum Gasteiger partial charge on any atom is -0.436 e. The Morgan fingerprint density at radius 3 is 2.42 bits per heavy atom. The average Bonchev–Trinajstić information content (AvgIpc) is 2.72. The number of benzene rings is 2. The van der Waals surface area contributed by atoms with Gasteiger partial charge < -0.3 is 4.42 Å². The Hall–Kier alpha value is -2.23. The van der Waals surface area contributed by atoms with E-state index in [1.54, 1.807) is 0 Å². The largest absolute Gasteiger partial charge is 0.436 e. The summed E-state index contributed by atoms with van der Waals surface area (Å²) in [5, 5.41) is 0. The number of nitrogens with zero attached hydrogens (tertiary/aromatic N) is 1. The van der Waals surface area contributed by atoms with Gasteiger partial charge in [-0.1, -0.05) is 12.1 Å². The quantitative estimate of drug-likeness (QED) is 0.647. The molecule has 0 bridgehead atoms. The minimum absolute atomic E-state index is 0.0284. The number of oxazole rings is 1. The lowest BCUT2D eigenvalue weighted by Crippen LogP contribution is -1.89. The number of rotatable bonds is 1. The van der Waals surface area contributed by atoms with Crippen molar-refractivity contribution in [2.24, 2.45) is 0 Å². The Morgan fingerprint density at radius 1 is 1.05 bits per heavy atom. The first-order chi connectivity index (χ1) is 9.06. The first-order valence-electron chi connectivity index (χ1n) is 5.88. The topological polar surface area (TPSA) is 26.0 Å². The molecule has 1 aromatic heterocycles. The Balaban J connectivity index is 2.30. The van der Waals surface area contributed by atoms with E-state index in [2.05, 4.69) is 4.98 Å². The monoisotopic (exact) mass is 259 g/mol. The van der Waals surface area contributed by atoms with Crippen LogP contribution in [-0.4, -0.2) is 4.98 Å². The van der Waals surface area contributed by atoms with E-state index in [-0.39, 0.29) is 11.5 Å². The van der Waals surface area contributed by atoms with Crippen LogP contribution in [0.5, 0.6) is 0 Å². The molecule has 0 aliphatic heterocycles. The fourth-order valence-electron chi connectivity index (χ4n) is 2.19. The Labute approximate surface area is 108 Å². The maximum atomic E-state index is 13.7. The van der Waals surface area contributed by atoms with Crippen molar-refractivity contribution in [3.63, 3.8) is 0 Å². The predicted octanol–water partition coefficient (Wildman–Crippen LogP) is 4.39. The first kappa shape index (κ1) is 11.8. The van der Waals surface area contributed by atoms with E-state index in [9.17, 15) is 8.78 Å². The molecule has 2 nitrogen and oxygen atoms in total. The summed E-state index contributed by atoms with van der Waals surface area (Å²) >= 11 is 0. The number of hydrogen-bond acceptors (Lipinski definition) is 2. The zero-order chi connectivity index (χ0) is 13.6. The lowest BCUT2D eigenvalue weighted by molar-refractivity contribution is 0.560. The molecule has 0 aliphatic carbocycles. The van der Waals surface area contributed by atoms with Gasteiger partial charge in [0.05, 0.1) is 0 Å². The van der Waals surface area contributed by atoms with Crippen LogP contribution in [0.3, 0.4) is 0 Å². The van der Waals surface area contributed by atoms with Crippen LogP contribution >= 0.6 is 0 Å². The van der Waals surface area contributed by atoms with Crippen molar-refractivity contribution in [2.75, 3.05) is 0 Å². The second kappa shape index (κ2) is 4.16. The lowest BCUT2D eigenvalue weighted by Gasteiger charge is -1.99. The van der Waals surface area contributed by atoms with Gasteiger partial charge in [0.1, 0.15) is 22.7 Å². The van der Waals surface area contributed by atoms with Crippen LogP contribution in [-0.2, 0) is 0 Å². The predicted molar refractivity (Wildman–Crippen MR) is 68.8 cm³/mol. The Morgan fingerprint density at radius 2 is 1.74 bits per heavy atom. The van der Waals surface area contributed by atoms with Crippen molar-refractivity contribution < 1.29 is 13.2 Å². The van der Waals surface area contributed by atoms with Gasteiger partial charge in [-0.3, -0.25) is 0 Å². The van der Waals surface area contributed by atoms with E-state index in [0.717, 1.165) is 11.1 Å². The van der Waals surface area contributed by atoms with E-state index in [1.807, 2.05) is 26.0 Å². The molecule has 19 heavy (non-hydrogen) atoms. The molecule has 0 N–H and O–H groups in total. The van der Waals surface area contributed by atoms with Crippen molar-refractivity contribution in [3.8, 4) is 11.5 Å². The molecule has 2 aromatic carbocycles. The molecule has 0 unspecified atom stereocenters. The van der Waals surface area contributed by atoms with Crippen LogP contribution in [0.4, 0.5) is 8.78 Å². The molecule has 3 rings (SSSR count). The Bertz CT molecular complexity index is 757. The standard InChI is InChI=1S/C15H11F2NO/c1-8-6-9(2)14-12(7-8)18-15(19-14)13-10(16)4-3-5-11(13)17/h3-7H,1-2H3. The second-order valence-electron chi connectivity index (χ2n) is 4.55. The first-order valence-corrected chi connectivity index (χ1v) is 5.88. The highest BCUT2D eigenvalue weighted by molar-refractivity contribution is 5.80. The normalized spacial score (nSPS) is 11.2. The molecule has 0 amide bonds. The van der Waals surface area contributed by atoms with E-state index < -0.39 is 11.6 Å². The summed E-state index contributed by atoms with van der Waals surface area (Å²) in [5.74, 6) is -1.39. The molecule has 0 saturated carbocycles. The summed E-state index contributed by atoms with van der Waals surface area (Å²) in [6, 6.07) is 7.45. The van der Waals surface area contributed by atoms with Crippen molar-refractivity contribution in [1.29, 1.82) is 0 Å². The van der Waals surface area contributed by atoms with Crippen LogP contribution in [0.1, 0.15) is 11.1 Å². The molecular weight excluding hydrogens is 248 g/mol. The van der Waals surface area contributed by atoms with Gasteiger partial charge in [-0.25, -0.2) is 13.8 Å². The van der Waals surface area contributed by atoms with Crippen LogP contribution in [0.2, 0.25) is 0 Å². The molecule has 0 saturated heterocycles. The Kier molecular flexibility index (Phi) is 2.59. The summed E-state index contributed by atoms with van der Waals surface area (Å²) in [4.78, 5) is 4.18. The van der Waals surface area contributed by atoms with Gasteiger partial charge in [0.2, 0.25) is 5.89 Å². The molecule has 0 spiro atoms. The third kappa shape index (κ3) is 1.89. The minimum atomic E-state index is -0.680. The fraction of sp³-hybridized carbons (Fsp3) is 0.133. The zero-order valence-corrected chi connectivity index (χ0v) is 10.5. The van der Waals surface area contributed by atoms with Crippen molar-refractivity contribution >= 4 is 11.1 Å². The molecule has 1 heterocycles. The third-order valence-electron chi connectivity index (χ3n) is 3.00. The molecule has 3 aromatic rings. The molecule has 4 heteroatoms. The van der Waals surface area contributed by atoms with Gasteiger partial charge in [0.15, 0.2) is 5.58 Å². The molecule has 0 radical (unpaired) electrons. The van der Waals surface area contributed by atoms with Gasteiger partial charge in [-0.2, -0.15) is 0 Å². The summed E-state index contributed by atoms with van der Waals surface area (Å²) in [5.41, 5.74) is 2.86. The number of fused-ring (bicyclic) bond motifs is 1. The maximum absolute atomic E-state index is 13.7. The number of hydrogen-bond donors (Lipinski definition) is 0. The lowest BCUT2D eigenvalue weighted by atomic mass is 10.1. The molecule has 0 atom stereocenters. The van der Waals surface area contributed by atoms with E-state index in [1.165, 1.54) is 18.2 Å². The summed E-state index contributed by atoms with van der Waals surface area (Å²) in [7, 11) is 0. The van der Waals surface area contributed by atoms with Gasteiger partial charge in [-0.15, -0.1) is 0 Å². The van der Waals surface area contributed by atoms with E-state index in [0.29, 0.717) is 11.1 Å². The SMILES string of the molecule is Cc1cc(C)c2oc(-c3c(F)cccc3F)nc2c1. The van der Waals surface area contributed by atoms with E-state index in [4.69, 9.17) is 4.42 Å². The smallest absolute Gasteiger partial charge is 0.233 e. The molecule has 0 fully saturated rings. The molecule has 96 valence electrons. The van der Waals surface area contributed by atoms with Gasteiger partial charge in [0.25, 0.3) is 0 Å². The van der Waals surface area contributed by atoms with Crippen molar-refractivity contribution in [1.82, 2.24) is 4.98 Å². The number of halogens is 2. The molecule has 0 aliphatic rings. The zero-order valence-electron chi connectivity index (χ0n) is 10.5. The highest BCUT2D eigenvalue weighted by atomic mass is 19.1. The van der Waals surface area contributed by atoms with Crippen molar-refractivity contribution in [3.05, 3.63) is 53.1 Å². The molecular formula is C15H11F2NO. The number of aromatic nitrogens is 1. The summed E-state index contributed by atoms with van der Waals surface area (Å²) < 4.78 is 32.9. The number of aryl methyl sites for hydroxylation is 2. The maximum Gasteiger partial charge on any atom is 0.233 e. The van der Waals surface area contributed by atoms with Gasteiger partial charge in [-0.05, 0) is 43.2 Å². The summed E-state index contributed by atoms with van der Waals surface area (Å²) in [6.07, 6.45) is 0. The fourth-order valence-corrected chi connectivity index (χ4v) is 2.19. The average molecular weight is 259 g/mol. The van der Waals surface area contributed by atoms with Crippen molar-refractivity contribution in [2.45, 2.75) is 13.8 Å².